The molecular formula is C18H31NO2. The van der Waals surface area contributed by atoms with Gasteiger partial charge in [-0.25, -0.2) is 4.79 Å². The van der Waals surface area contributed by atoms with Crippen LogP contribution in [0.25, 0.3) is 0 Å². The summed E-state index contributed by atoms with van der Waals surface area (Å²) in [5, 5.41) is 0. The summed E-state index contributed by atoms with van der Waals surface area (Å²) in [7, 11) is 0. The van der Waals surface area contributed by atoms with Gasteiger partial charge in [-0.2, -0.15) is 0 Å². The number of hydrogen-bond acceptors (Lipinski definition) is 3. The van der Waals surface area contributed by atoms with Gasteiger partial charge in [0.1, 0.15) is 0 Å². The molecule has 2 rings (SSSR count). The fourth-order valence-electron chi connectivity index (χ4n) is 2.41. The van der Waals surface area contributed by atoms with Gasteiger partial charge in [0, 0.05) is 24.9 Å². The van der Waals surface area contributed by atoms with Crippen molar-refractivity contribution in [3.63, 3.8) is 0 Å². The van der Waals surface area contributed by atoms with E-state index in [9.17, 15) is 4.79 Å². The van der Waals surface area contributed by atoms with Crippen LogP contribution in [0.15, 0.2) is 23.0 Å². The van der Waals surface area contributed by atoms with Crippen molar-refractivity contribution in [3.05, 3.63) is 23.0 Å². The van der Waals surface area contributed by atoms with Gasteiger partial charge in [0.25, 0.3) is 0 Å². The molecule has 1 saturated carbocycles. The molecule has 0 aromatic carbocycles. The molecule has 3 heteroatoms. The average molecular weight is 293 g/mol. The minimum Gasteiger partial charge on any atom is -0.463 e. The highest BCUT2D eigenvalue weighted by Crippen LogP contribution is 2.28. The second-order valence-corrected chi connectivity index (χ2v) is 6.01. The standard InChI is InChI=1S/C14H23NO2.C4H8/c1-5-8-15-10-12(14(16)17-7-3)9-11(4)13(15)6-2;1-4-2-3-4/h10H,5-9H2,1-4H3;4H,2-3H2,1H3. The normalized spacial score (nSPS) is 18.0. The molecule has 0 bridgehead atoms. The van der Waals surface area contributed by atoms with Crippen LogP contribution in [-0.2, 0) is 9.53 Å². The van der Waals surface area contributed by atoms with Crippen LogP contribution in [0.3, 0.4) is 0 Å². The lowest BCUT2D eigenvalue weighted by Crippen LogP contribution is -2.25. The summed E-state index contributed by atoms with van der Waals surface area (Å²) in [4.78, 5) is 13.9. The molecule has 1 aliphatic heterocycles. The summed E-state index contributed by atoms with van der Waals surface area (Å²) < 4.78 is 5.07. The highest BCUT2D eigenvalue weighted by Gasteiger charge is 2.21. The molecule has 0 aromatic heterocycles. The minimum absolute atomic E-state index is 0.178. The molecule has 1 fully saturated rings. The summed E-state index contributed by atoms with van der Waals surface area (Å²) in [6.07, 6.45) is 7.75. The van der Waals surface area contributed by atoms with Crippen LogP contribution >= 0.6 is 0 Å². The van der Waals surface area contributed by atoms with Gasteiger partial charge in [0.15, 0.2) is 0 Å². The molecule has 21 heavy (non-hydrogen) atoms. The topological polar surface area (TPSA) is 29.5 Å². The number of nitrogens with zero attached hydrogens (tertiary/aromatic N) is 1. The molecule has 3 nitrogen and oxygen atoms in total. The summed E-state index contributed by atoms with van der Waals surface area (Å²) >= 11 is 0. The predicted octanol–water partition coefficient (Wildman–Crippen LogP) is 4.65. The van der Waals surface area contributed by atoms with Crippen molar-refractivity contribution in [2.45, 2.75) is 66.7 Å². The van der Waals surface area contributed by atoms with E-state index in [1.165, 1.54) is 24.1 Å². The second-order valence-electron chi connectivity index (χ2n) is 6.01. The number of carbonyl (C=O) groups is 1. The van der Waals surface area contributed by atoms with Gasteiger partial charge in [-0.05, 0) is 38.2 Å². The lowest BCUT2D eigenvalue weighted by molar-refractivity contribution is -0.138. The number of carbonyl (C=O) groups excluding carboxylic acids is 1. The van der Waals surface area contributed by atoms with Crippen LogP contribution in [0.5, 0.6) is 0 Å². The molecule has 0 amide bonds. The smallest absolute Gasteiger partial charge is 0.335 e. The number of hydrogen-bond donors (Lipinski definition) is 0. The maximum absolute atomic E-state index is 11.7. The SMILES string of the molecule is CC1CC1.CCCN1C=C(C(=O)OCC)CC(C)=C1CC. The van der Waals surface area contributed by atoms with E-state index >= 15 is 0 Å². The fourth-order valence-corrected chi connectivity index (χ4v) is 2.41. The molecular weight excluding hydrogens is 262 g/mol. The molecule has 0 unspecified atom stereocenters. The quantitative estimate of drug-likeness (QED) is 0.691. The zero-order valence-corrected chi connectivity index (χ0v) is 14.4. The van der Waals surface area contributed by atoms with Crippen LogP contribution < -0.4 is 0 Å². The highest BCUT2D eigenvalue weighted by atomic mass is 16.5. The first-order valence-electron chi connectivity index (χ1n) is 8.36. The van der Waals surface area contributed by atoms with Gasteiger partial charge in [-0.3, -0.25) is 0 Å². The average Bonchev–Trinajstić information content (AvgIpc) is 3.22. The van der Waals surface area contributed by atoms with Crippen LogP contribution in [0.1, 0.15) is 66.7 Å². The molecule has 0 aromatic rings. The number of esters is 1. The molecule has 0 radical (unpaired) electrons. The minimum atomic E-state index is -0.178. The van der Waals surface area contributed by atoms with Gasteiger partial charge in [0.2, 0.25) is 0 Å². The van der Waals surface area contributed by atoms with Gasteiger partial charge in [-0.1, -0.05) is 33.6 Å². The van der Waals surface area contributed by atoms with E-state index < -0.39 is 0 Å². The van der Waals surface area contributed by atoms with Crippen LogP contribution in [0, 0.1) is 5.92 Å². The monoisotopic (exact) mass is 293 g/mol. The number of rotatable bonds is 5. The Labute approximate surface area is 130 Å². The molecule has 0 N–H and O–H groups in total. The lowest BCUT2D eigenvalue weighted by atomic mass is 9.99. The van der Waals surface area contributed by atoms with Crippen LogP contribution in [0.2, 0.25) is 0 Å². The van der Waals surface area contributed by atoms with Crippen molar-refractivity contribution in [2.75, 3.05) is 13.2 Å². The Kier molecular flexibility index (Phi) is 7.55. The van der Waals surface area contributed by atoms with E-state index in [0.29, 0.717) is 6.61 Å². The first-order chi connectivity index (χ1) is 10.0. The van der Waals surface area contributed by atoms with Crippen LogP contribution in [0.4, 0.5) is 0 Å². The number of ether oxygens (including phenoxy) is 1. The van der Waals surface area contributed by atoms with E-state index in [4.69, 9.17) is 4.74 Å². The molecule has 2 aliphatic rings. The van der Waals surface area contributed by atoms with Crippen molar-refractivity contribution in [3.8, 4) is 0 Å². The van der Waals surface area contributed by atoms with E-state index in [1.54, 1.807) is 0 Å². The maximum Gasteiger partial charge on any atom is 0.335 e. The first-order valence-corrected chi connectivity index (χ1v) is 8.36. The Morgan fingerprint density at radius 2 is 1.95 bits per heavy atom. The highest BCUT2D eigenvalue weighted by molar-refractivity contribution is 5.89. The summed E-state index contributed by atoms with van der Waals surface area (Å²) in [6.45, 7) is 11.9. The third kappa shape index (κ3) is 5.94. The molecule has 0 spiro atoms. The predicted molar refractivity (Wildman–Crippen MR) is 87.7 cm³/mol. The Balaban J connectivity index is 0.000000471. The Bertz CT molecular complexity index is 405. The van der Waals surface area contributed by atoms with E-state index in [0.717, 1.165) is 37.3 Å². The zero-order chi connectivity index (χ0) is 15.8. The van der Waals surface area contributed by atoms with Crippen molar-refractivity contribution in [2.24, 2.45) is 5.92 Å². The fraction of sp³-hybridized carbons (Fsp3) is 0.722. The largest absolute Gasteiger partial charge is 0.463 e. The second kappa shape index (κ2) is 8.91. The first kappa shape index (κ1) is 17.8. The van der Waals surface area contributed by atoms with Crippen LogP contribution in [-0.4, -0.2) is 24.0 Å². The van der Waals surface area contributed by atoms with Crippen molar-refractivity contribution in [1.82, 2.24) is 4.90 Å². The van der Waals surface area contributed by atoms with Crippen molar-refractivity contribution >= 4 is 5.97 Å². The Hall–Kier alpha value is -1.25. The molecule has 0 saturated heterocycles. The summed E-state index contributed by atoms with van der Waals surface area (Å²) in [5.74, 6) is 0.906. The zero-order valence-electron chi connectivity index (χ0n) is 14.4. The van der Waals surface area contributed by atoms with E-state index in [-0.39, 0.29) is 5.97 Å². The van der Waals surface area contributed by atoms with Gasteiger partial charge in [0.05, 0.1) is 12.2 Å². The Morgan fingerprint density at radius 1 is 1.33 bits per heavy atom. The maximum atomic E-state index is 11.7. The lowest BCUT2D eigenvalue weighted by Gasteiger charge is -2.30. The van der Waals surface area contributed by atoms with E-state index in [1.807, 2.05) is 13.1 Å². The number of allylic oxidation sites excluding steroid dienone is 2. The van der Waals surface area contributed by atoms with Gasteiger partial charge >= 0.3 is 5.97 Å². The molecule has 1 heterocycles. The molecule has 0 atom stereocenters. The summed E-state index contributed by atoms with van der Waals surface area (Å²) in [6, 6.07) is 0. The third-order valence-corrected chi connectivity index (χ3v) is 3.81. The molecule has 120 valence electrons. The Morgan fingerprint density at radius 3 is 2.38 bits per heavy atom. The van der Waals surface area contributed by atoms with Crippen molar-refractivity contribution in [1.29, 1.82) is 0 Å². The summed E-state index contributed by atoms with van der Waals surface area (Å²) in [5.41, 5.74) is 3.40. The van der Waals surface area contributed by atoms with Gasteiger partial charge < -0.3 is 9.64 Å². The third-order valence-electron chi connectivity index (χ3n) is 3.81. The van der Waals surface area contributed by atoms with Crippen molar-refractivity contribution < 1.29 is 9.53 Å². The molecule has 1 aliphatic carbocycles. The van der Waals surface area contributed by atoms with Gasteiger partial charge in [-0.15, -0.1) is 0 Å². The van der Waals surface area contributed by atoms with E-state index in [2.05, 4.69) is 32.6 Å².